The molecular formula is C16H22ClN3O2. The lowest BCUT2D eigenvalue weighted by molar-refractivity contribution is -0.131. The number of benzene rings is 1. The number of nitrogens with zero attached hydrogens (tertiary/aromatic N) is 2. The van der Waals surface area contributed by atoms with E-state index in [1.807, 2.05) is 44.2 Å². The molecule has 0 atom stereocenters. The Bertz CT molecular complexity index is 579. The topological polar surface area (TPSA) is 72.4 Å². The maximum atomic E-state index is 12.5. The molecule has 0 aliphatic rings. The largest absolute Gasteiger partial charge is 0.361 e. The van der Waals surface area contributed by atoms with E-state index in [2.05, 4.69) is 5.16 Å². The number of carbonyl (C=O) groups excluding carboxylic acids is 1. The minimum atomic E-state index is 0. The summed E-state index contributed by atoms with van der Waals surface area (Å²) in [6.07, 6.45) is 0.300. The van der Waals surface area contributed by atoms with Crippen molar-refractivity contribution in [1.29, 1.82) is 0 Å². The van der Waals surface area contributed by atoms with E-state index < -0.39 is 0 Å². The Morgan fingerprint density at radius 2 is 1.95 bits per heavy atom. The second kappa shape index (κ2) is 8.56. The summed E-state index contributed by atoms with van der Waals surface area (Å²) in [7, 11) is 0. The molecule has 1 amide bonds. The molecule has 0 unspecified atom stereocenters. The number of aryl methyl sites for hydroxylation is 2. The van der Waals surface area contributed by atoms with Crippen LogP contribution in [-0.4, -0.2) is 29.1 Å². The lowest BCUT2D eigenvalue weighted by atomic mass is 10.1. The van der Waals surface area contributed by atoms with E-state index in [4.69, 9.17) is 10.3 Å². The molecule has 2 aromatic rings. The summed E-state index contributed by atoms with van der Waals surface area (Å²) in [5.74, 6) is 0.743. The summed E-state index contributed by atoms with van der Waals surface area (Å²) < 4.78 is 5.11. The second-order valence-electron chi connectivity index (χ2n) is 5.07. The smallest absolute Gasteiger partial charge is 0.227 e. The number of halogens is 1. The minimum Gasteiger partial charge on any atom is -0.361 e. The van der Waals surface area contributed by atoms with Crippen LogP contribution in [0, 0.1) is 13.8 Å². The SMILES string of the molecule is Cc1noc(C)c1CC(=O)N(CCN)Cc1ccccc1.Cl. The summed E-state index contributed by atoms with van der Waals surface area (Å²) in [5, 5.41) is 3.89. The lowest BCUT2D eigenvalue weighted by Crippen LogP contribution is -2.36. The van der Waals surface area contributed by atoms with E-state index >= 15 is 0 Å². The van der Waals surface area contributed by atoms with E-state index in [-0.39, 0.29) is 18.3 Å². The number of amides is 1. The minimum absolute atomic E-state index is 0. The van der Waals surface area contributed by atoms with Gasteiger partial charge in [0.05, 0.1) is 12.1 Å². The van der Waals surface area contributed by atoms with Crippen LogP contribution in [0.4, 0.5) is 0 Å². The number of hydrogen-bond acceptors (Lipinski definition) is 4. The van der Waals surface area contributed by atoms with Gasteiger partial charge in [-0.2, -0.15) is 0 Å². The Morgan fingerprint density at radius 3 is 2.50 bits per heavy atom. The third kappa shape index (κ3) is 4.58. The van der Waals surface area contributed by atoms with Crippen molar-refractivity contribution in [3.63, 3.8) is 0 Å². The fourth-order valence-corrected chi connectivity index (χ4v) is 2.27. The zero-order valence-electron chi connectivity index (χ0n) is 12.9. The summed E-state index contributed by atoms with van der Waals surface area (Å²) >= 11 is 0. The van der Waals surface area contributed by atoms with Crippen molar-refractivity contribution in [1.82, 2.24) is 10.1 Å². The van der Waals surface area contributed by atoms with E-state index in [9.17, 15) is 4.79 Å². The van der Waals surface area contributed by atoms with Gasteiger partial charge in [-0.1, -0.05) is 35.5 Å². The molecular weight excluding hydrogens is 302 g/mol. The maximum absolute atomic E-state index is 12.5. The Balaban J connectivity index is 0.00000242. The van der Waals surface area contributed by atoms with Gasteiger partial charge in [0.1, 0.15) is 5.76 Å². The molecule has 120 valence electrons. The molecule has 0 fully saturated rings. The molecule has 0 saturated carbocycles. The molecule has 6 heteroatoms. The molecule has 0 spiro atoms. The number of aromatic nitrogens is 1. The van der Waals surface area contributed by atoms with Crippen molar-refractivity contribution in [3.05, 3.63) is 52.9 Å². The van der Waals surface area contributed by atoms with Crippen LogP contribution >= 0.6 is 12.4 Å². The molecule has 0 aliphatic heterocycles. The highest BCUT2D eigenvalue weighted by atomic mass is 35.5. The van der Waals surface area contributed by atoms with Crippen LogP contribution < -0.4 is 5.73 Å². The van der Waals surface area contributed by atoms with Gasteiger partial charge in [0, 0.05) is 25.2 Å². The van der Waals surface area contributed by atoms with Crippen molar-refractivity contribution in [2.75, 3.05) is 13.1 Å². The first kappa shape index (κ1) is 18.2. The molecule has 0 radical (unpaired) electrons. The van der Waals surface area contributed by atoms with Crippen LogP contribution in [0.3, 0.4) is 0 Å². The van der Waals surface area contributed by atoms with E-state index in [1.165, 1.54) is 0 Å². The van der Waals surface area contributed by atoms with Gasteiger partial charge in [0.2, 0.25) is 5.91 Å². The first-order valence-corrected chi connectivity index (χ1v) is 7.05. The van der Waals surface area contributed by atoms with Crippen molar-refractivity contribution in [2.45, 2.75) is 26.8 Å². The maximum Gasteiger partial charge on any atom is 0.227 e. The van der Waals surface area contributed by atoms with Crippen molar-refractivity contribution in [3.8, 4) is 0 Å². The Hall–Kier alpha value is -1.85. The molecule has 0 aliphatic carbocycles. The number of carbonyl (C=O) groups is 1. The van der Waals surface area contributed by atoms with Crippen molar-refractivity contribution in [2.24, 2.45) is 5.73 Å². The van der Waals surface area contributed by atoms with Crippen LogP contribution in [-0.2, 0) is 17.8 Å². The predicted molar refractivity (Wildman–Crippen MR) is 87.8 cm³/mol. The zero-order chi connectivity index (χ0) is 15.2. The molecule has 0 saturated heterocycles. The second-order valence-corrected chi connectivity index (χ2v) is 5.07. The van der Waals surface area contributed by atoms with Gasteiger partial charge in [0.25, 0.3) is 0 Å². The van der Waals surface area contributed by atoms with Crippen LogP contribution in [0.2, 0.25) is 0 Å². The highest BCUT2D eigenvalue weighted by Crippen LogP contribution is 2.15. The number of hydrogen-bond donors (Lipinski definition) is 1. The Morgan fingerprint density at radius 1 is 1.27 bits per heavy atom. The van der Waals surface area contributed by atoms with E-state index in [0.717, 1.165) is 16.8 Å². The average Bonchev–Trinajstić information content (AvgIpc) is 2.80. The van der Waals surface area contributed by atoms with Crippen molar-refractivity contribution < 1.29 is 9.32 Å². The van der Waals surface area contributed by atoms with Crippen LogP contribution in [0.25, 0.3) is 0 Å². The van der Waals surface area contributed by atoms with Gasteiger partial charge in [-0.3, -0.25) is 4.79 Å². The van der Waals surface area contributed by atoms with E-state index in [0.29, 0.717) is 31.8 Å². The number of nitrogens with two attached hydrogens (primary N) is 1. The van der Waals surface area contributed by atoms with Crippen LogP contribution in [0.5, 0.6) is 0 Å². The zero-order valence-corrected chi connectivity index (χ0v) is 13.7. The summed E-state index contributed by atoms with van der Waals surface area (Å²) in [6, 6.07) is 9.91. The predicted octanol–water partition coefficient (Wildman–Crippen LogP) is 2.24. The molecule has 0 bridgehead atoms. The molecule has 22 heavy (non-hydrogen) atoms. The summed E-state index contributed by atoms with van der Waals surface area (Å²) in [5.41, 5.74) is 8.37. The molecule has 1 aromatic carbocycles. The molecule has 1 aromatic heterocycles. The monoisotopic (exact) mass is 323 g/mol. The van der Waals surface area contributed by atoms with E-state index in [1.54, 1.807) is 4.90 Å². The highest BCUT2D eigenvalue weighted by molar-refractivity contribution is 5.85. The standard InChI is InChI=1S/C16H21N3O2.ClH/c1-12-15(13(2)21-18-12)10-16(20)19(9-8-17)11-14-6-4-3-5-7-14;/h3-7H,8-11,17H2,1-2H3;1H. The van der Waals surface area contributed by atoms with Gasteiger partial charge >= 0.3 is 0 Å². The fraction of sp³-hybridized carbons (Fsp3) is 0.375. The normalized spacial score (nSPS) is 10.1. The van der Waals surface area contributed by atoms with Crippen LogP contribution in [0.1, 0.15) is 22.6 Å². The van der Waals surface area contributed by atoms with Gasteiger partial charge in [-0.05, 0) is 19.4 Å². The summed E-state index contributed by atoms with van der Waals surface area (Å²) in [6.45, 7) is 5.23. The van der Waals surface area contributed by atoms with Gasteiger partial charge in [-0.15, -0.1) is 12.4 Å². The Kier molecular flexibility index (Phi) is 7.08. The third-order valence-electron chi connectivity index (χ3n) is 3.48. The first-order chi connectivity index (χ1) is 10.1. The molecule has 5 nitrogen and oxygen atoms in total. The van der Waals surface area contributed by atoms with Crippen molar-refractivity contribution >= 4 is 18.3 Å². The average molecular weight is 324 g/mol. The molecule has 2 N–H and O–H groups in total. The number of rotatable bonds is 6. The van der Waals surface area contributed by atoms with Gasteiger partial charge < -0.3 is 15.2 Å². The first-order valence-electron chi connectivity index (χ1n) is 7.05. The fourth-order valence-electron chi connectivity index (χ4n) is 2.27. The highest BCUT2D eigenvalue weighted by Gasteiger charge is 2.18. The molecule has 1 heterocycles. The molecule has 2 rings (SSSR count). The summed E-state index contributed by atoms with van der Waals surface area (Å²) in [4.78, 5) is 14.3. The third-order valence-corrected chi connectivity index (χ3v) is 3.48. The van der Waals surface area contributed by atoms with Gasteiger partial charge in [-0.25, -0.2) is 0 Å². The quantitative estimate of drug-likeness (QED) is 0.885. The lowest BCUT2D eigenvalue weighted by Gasteiger charge is -2.22. The van der Waals surface area contributed by atoms with Crippen LogP contribution in [0.15, 0.2) is 34.9 Å². The Labute approximate surface area is 136 Å². The van der Waals surface area contributed by atoms with Gasteiger partial charge in [0.15, 0.2) is 0 Å².